The molecule has 1 rings (SSSR count). The first-order valence-electron chi connectivity index (χ1n) is 1.91. The zero-order chi connectivity index (χ0) is 4.24. The van der Waals surface area contributed by atoms with Crippen LogP contribution in [0.4, 0.5) is 0 Å². The molecule has 0 nitrogen and oxygen atoms in total. The first kappa shape index (κ1) is 11.3. The van der Waals surface area contributed by atoms with Gasteiger partial charge in [-0.2, -0.15) is 0 Å². The predicted octanol–water partition coefficient (Wildman–Crippen LogP) is 1.21. The average Bonchev–Trinajstić information content (AvgIpc) is 1.72. The van der Waals surface area contributed by atoms with E-state index >= 15 is 0 Å². The summed E-state index contributed by atoms with van der Waals surface area (Å²) in [4.78, 5) is 0. The Morgan fingerprint density at radius 3 is 1.50 bits per heavy atom. The van der Waals surface area contributed by atoms with E-state index in [0.29, 0.717) is 0 Å². The standard InChI is InChI=1S/C6H5.Hg.H2S/c1-2-4-6-5-3-1;;/h1-5H;;1H2/q;+1;/p-1. The maximum atomic E-state index is 2.89. The Bertz CT molecular complexity index is 80.5. The fraction of sp³-hybridized carbons (Fsp3) is 0. The molecule has 0 fully saturated rings. The van der Waals surface area contributed by atoms with Crippen LogP contribution in [0.3, 0.4) is 0 Å². The van der Waals surface area contributed by atoms with Crippen molar-refractivity contribution in [3.05, 3.63) is 36.4 Å². The Balaban J connectivity index is 0. The zero-order valence-corrected chi connectivity index (χ0v) is 10.9. The summed E-state index contributed by atoms with van der Waals surface area (Å²) >= 11 is 0. The summed E-state index contributed by atoms with van der Waals surface area (Å²) in [6.45, 7) is 0. The number of benzene rings is 1. The van der Waals surface area contributed by atoms with Crippen molar-refractivity contribution in [1.29, 1.82) is 0 Å². The minimum atomic E-state index is 0. The number of hydrogen-bond acceptors (Lipinski definition) is 1. The zero-order valence-electron chi connectivity index (χ0n) is 4.54. The molecular weight excluding hydrogens is 305 g/mol. The molecule has 0 aliphatic rings. The maximum Gasteiger partial charge on any atom is 1.00 e. The van der Waals surface area contributed by atoms with E-state index in [2.05, 4.69) is 6.07 Å². The molecule has 0 aromatic heterocycles. The molecule has 0 bridgehead atoms. The third-order valence-electron chi connectivity index (χ3n) is 0.607. The third kappa shape index (κ3) is 4.66. The van der Waals surface area contributed by atoms with E-state index in [9.17, 15) is 0 Å². The quantitative estimate of drug-likeness (QED) is 0.394. The summed E-state index contributed by atoms with van der Waals surface area (Å²) in [7, 11) is 0. The van der Waals surface area contributed by atoms with E-state index in [1.165, 1.54) is 0 Å². The van der Waals surface area contributed by atoms with Gasteiger partial charge < -0.3 is 13.5 Å². The van der Waals surface area contributed by atoms with Gasteiger partial charge in [0.15, 0.2) is 0 Å². The maximum absolute atomic E-state index is 2.89. The molecule has 1 aromatic rings. The molecule has 0 spiro atoms. The van der Waals surface area contributed by atoms with Crippen LogP contribution in [0.2, 0.25) is 0 Å². The Hall–Kier alpha value is 0.505. The molecule has 0 amide bonds. The number of rotatable bonds is 0. The third-order valence-corrected chi connectivity index (χ3v) is 0.607. The van der Waals surface area contributed by atoms with E-state index < -0.39 is 0 Å². The molecule has 0 heterocycles. The molecular formula is C6H6HgS. The summed E-state index contributed by atoms with van der Waals surface area (Å²) in [5.74, 6) is 0. The summed E-state index contributed by atoms with van der Waals surface area (Å²) in [5, 5.41) is 0. The van der Waals surface area contributed by atoms with Gasteiger partial charge in [0, 0.05) is 0 Å². The van der Waals surface area contributed by atoms with Gasteiger partial charge in [0.25, 0.3) is 0 Å². The topological polar surface area (TPSA) is 0 Å². The largest absolute Gasteiger partial charge is 1.00 e. The average molecular weight is 311 g/mol. The normalized spacial score (nSPS) is 6.00. The molecule has 0 aliphatic heterocycles. The van der Waals surface area contributed by atoms with E-state index in [1.807, 2.05) is 30.3 Å². The molecule has 0 saturated carbocycles. The Morgan fingerprint density at radius 2 is 1.38 bits per heavy atom. The van der Waals surface area contributed by atoms with Crippen molar-refractivity contribution in [3.63, 3.8) is 0 Å². The van der Waals surface area contributed by atoms with Gasteiger partial charge in [-0.1, -0.05) is 30.3 Å². The monoisotopic (exact) mass is 312 g/mol. The summed E-state index contributed by atoms with van der Waals surface area (Å²) in [6, 6.07) is 12.5. The molecule has 0 aliphatic carbocycles. The predicted molar refractivity (Wildman–Crippen MR) is 34.0 cm³/mol. The van der Waals surface area contributed by atoms with Crippen LogP contribution in [-0.4, -0.2) is 0 Å². The molecule has 2 heteroatoms. The van der Waals surface area contributed by atoms with E-state index in [0.717, 1.165) is 0 Å². The number of thiol groups is 1. The molecule has 8 heavy (non-hydrogen) atoms. The van der Waals surface area contributed by atoms with Gasteiger partial charge in [0.1, 0.15) is 0 Å². The molecule has 0 atom stereocenters. The van der Waals surface area contributed by atoms with Crippen LogP contribution in [0.15, 0.2) is 30.3 Å². The van der Waals surface area contributed by atoms with Gasteiger partial charge in [-0.15, -0.1) is 0 Å². The molecule has 0 saturated heterocycles. The van der Waals surface area contributed by atoms with E-state index in [1.54, 1.807) is 0 Å². The van der Waals surface area contributed by atoms with Gasteiger partial charge in [-0.25, -0.2) is 0 Å². The summed E-state index contributed by atoms with van der Waals surface area (Å²) < 4.78 is 0. The fourth-order valence-corrected chi connectivity index (χ4v) is 0.342. The van der Waals surface area contributed by atoms with Gasteiger partial charge in [0.05, 0.1) is 0 Å². The van der Waals surface area contributed by atoms with Crippen molar-refractivity contribution < 1.29 is 27.7 Å². The van der Waals surface area contributed by atoms with Gasteiger partial charge in [-0.05, 0) is 6.07 Å². The van der Waals surface area contributed by atoms with Crippen LogP contribution in [0.1, 0.15) is 0 Å². The second-order valence-electron chi connectivity index (χ2n) is 1.08. The minimum absolute atomic E-state index is 0. The van der Waals surface area contributed by atoms with Crippen LogP contribution >= 0.6 is 0 Å². The first-order chi connectivity index (χ1) is 3.00. The molecule has 1 aromatic carbocycles. The molecule has 38 valence electrons. The van der Waals surface area contributed by atoms with Crippen LogP contribution < -0.4 is 0 Å². The van der Waals surface area contributed by atoms with Gasteiger partial charge >= 0.3 is 27.7 Å². The van der Waals surface area contributed by atoms with Crippen LogP contribution in [0, 0.1) is 6.07 Å². The van der Waals surface area contributed by atoms with Crippen LogP contribution in [0.25, 0.3) is 0 Å². The second kappa shape index (κ2) is 7.51. The van der Waals surface area contributed by atoms with Gasteiger partial charge in [0.2, 0.25) is 0 Å². The van der Waals surface area contributed by atoms with Crippen molar-refractivity contribution in [2.45, 2.75) is 0 Å². The van der Waals surface area contributed by atoms with Crippen molar-refractivity contribution in [2.24, 2.45) is 0 Å². The van der Waals surface area contributed by atoms with Crippen molar-refractivity contribution in [1.82, 2.24) is 0 Å². The van der Waals surface area contributed by atoms with Crippen LogP contribution in [0.5, 0.6) is 0 Å². The van der Waals surface area contributed by atoms with Crippen molar-refractivity contribution in [3.8, 4) is 0 Å². The summed E-state index contributed by atoms with van der Waals surface area (Å²) in [6.07, 6.45) is 0. The molecule has 0 N–H and O–H groups in total. The second-order valence-corrected chi connectivity index (χ2v) is 1.08. The molecule has 2 radical (unpaired) electrons. The Morgan fingerprint density at radius 1 is 0.875 bits per heavy atom. The smallest absolute Gasteiger partial charge is 0.813 e. The van der Waals surface area contributed by atoms with Crippen molar-refractivity contribution in [2.75, 3.05) is 0 Å². The molecule has 0 unspecified atom stereocenters. The SMILES string of the molecule is [Hg+].[SH-].[c]1ccccc1. The Labute approximate surface area is 77.3 Å². The minimum Gasteiger partial charge on any atom is -0.813 e. The first-order valence-corrected chi connectivity index (χ1v) is 1.91. The van der Waals surface area contributed by atoms with E-state index in [4.69, 9.17) is 0 Å². The fourth-order valence-electron chi connectivity index (χ4n) is 0.342. The summed E-state index contributed by atoms with van der Waals surface area (Å²) in [5.41, 5.74) is 0. The number of hydrogen-bond donors (Lipinski definition) is 0. The van der Waals surface area contributed by atoms with E-state index in [-0.39, 0.29) is 41.2 Å². The van der Waals surface area contributed by atoms with Gasteiger partial charge in [-0.3, -0.25) is 0 Å². The van der Waals surface area contributed by atoms with Crippen molar-refractivity contribution >= 4 is 13.5 Å². The van der Waals surface area contributed by atoms with Crippen LogP contribution in [-0.2, 0) is 41.2 Å². The Kier molecular flexibility index (Phi) is 10.6.